The van der Waals surface area contributed by atoms with Crippen molar-refractivity contribution in [1.82, 2.24) is 15.0 Å². The molecule has 0 atom stereocenters. The Hall–Kier alpha value is -3.66. The number of fused-ring (bicyclic) bond motifs is 3. The van der Waals surface area contributed by atoms with Gasteiger partial charge in [-0.15, -0.1) is 41.0 Å². The van der Waals surface area contributed by atoms with Crippen LogP contribution in [0, 0.1) is 46.8 Å². The molecule has 0 N–H and O–H groups in total. The van der Waals surface area contributed by atoms with E-state index < -0.39 is 0 Å². The summed E-state index contributed by atoms with van der Waals surface area (Å²) in [5, 5.41) is 1.94. The van der Waals surface area contributed by atoms with Crippen molar-refractivity contribution >= 4 is 21.9 Å². The zero-order valence-electron chi connectivity index (χ0n) is 21.5. The summed E-state index contributed by atoms with van der Waals surface area (Å²) in [7, 11) is 0. The van der Waals surface area contributed by atoms with Gasteiger partial charge in [0.2, 0.25) is 0 Å². The summed E-state index contributed by atoms with van der Waals surface area (Å²) in [5.74, 6) is 0. The Kier molecular flexibility index (Phi) is 7.97. The number of benzene rings is 2. The number of aryl methyl sites for hydroxylation is 5. The molecule has 0 saturated carbocycles. The molecule has 6 aromatic rings. The van der Waals surface area contributed by atoms with E-state index in [4.69, 9.17) is 4.42 Å². The van der Waals surface area contributed by atoms with Gasteiger partial charge in [0.1, 0.15) is 0 Å². The number of hydrogen-bond donors (Lipinski definition) is 0. The van der Waals surface area contributed by atoms with E-state index in [1.54, 1.807) is 18.7 Å². The van der Waals surface area contributed by atoms with Crippen molar-refractivity contribution in [3.8, 4) is 22.5 Å². The summed E-state index contributed by atoms with van der Waals surface area (Å²) >= 11 is 0. The molecule has 1 radical (unpaired) electrons. The molecular formula is C32H27IrN3O-2. The van der Waals surface area contributed by atoms with E-state index in [1.807, 2.05) is 36.5 Å². The van der Waals surface area contributed by atoms with Crippen LogP contribution in [0.2, 0.25) is 0 Å². The quantitative estimate of drug-likeness (QED) is 0.177. The van der Waals surface area contributed by atoms with Gasteiger partial charge in [-0.25, -0.2) is 0 Å². The first-order valence-electron chi connectivity index (χ1n) is 11.9. The Balaban J connectivity index is 0.000000173. The molecule has 0 aliphatic carbocycles. The molecule has 0 aliphatic heterocycles. The van der Waals surface area contributed by atoms with Gasteiger partial charge in [0.15, 0.2) is 0 Å². The first-order valence-corrected chi connectivity index (χ1v) is 11.9. The Morgan fingerprint density at radius 3 is 2.27 bits per heavy atom. The second-order valence-electron chi connectivity index (χ2n) is 9.10. The van der Waals surface area contributed by atoms with Gasteiger partial charge >= 0.3 is 0 Å². The van der Waals surface area contributed by atoms with E-state index in [0.717, 1.165) is 50.0 Å². The Labute approximate surface area is 231 Å². The Morgan fingerprint density at radius 1 is 0.757 bits per heavy atom. The second kappa shape index (κ2) is 11.2. The predicted octanol–water partition coefficient (Wildman–Crippen LogP) is 7.93. The van der Waals surface area contributed by atoms with Crippen LogP contribution in [0.15, 0.2) is 77.8 Å². The van der Waals surface area contributed by atoms with Crippen LogP contribution in [0.5, 0.6) is 0 Å². The third kappa shape index (κ3) is 5.39. The fourth-order valence-corrected chi connectivity index (χ4v) is 4.11. The largest absolute Gasteiger partial charge is 0.506 e. The number of furan rings is 1. The summed E-state index contributed by atoms with van der Waals surface area (Å²) in [6, 6.07) is 22.8. The maximum absolute atomic E-state index is 5.54. The van der Waals surface area contributed by atoms with Crippen LogP contribution in [0.25, 0.3) is 44.4 Å². The minimum Gasteiger partial charge on any atom is -0.506 e. The third-order valence-electron chi connectivity index (χ3n) is 6.54. The summed E-state index contributed by atoms with van der Waals surface area (Å²) in [6.45, 7) is 10.5. The maximum Gasteiger partial charge on any atom is 0.0847 e. The number of rotatable bonds is 2. The molecule has 0 fully saturated rings. The van der Waals surface area contributed by atoms with E-state index in [0.29, 0.717) is 0 Å². The summed E-state index contributed by atoms with van der Waals surface area (Å²) in [6.07, 6.45) is 7.18. The van der Waals surface area contributed by atoms with Gasteiger partial charge in [0.05, 0.1) is 5.58 Å². The molecule has 6 rings (SSSR count). The molecule has 5 heteroatoms. The van der Waals surface area contributed by atoms with Crippen LogP contribution in [0.4, 0.5) is 0 Å². The summed E-state index contributed by atoms with van der Waals surface area (Å²) in [5.41, 5.74) is 11.8. The summed E-state index contributed by atoms with van der Waals surface area (Å²) in [4.78, 5) is 13.4. The molecule has 4 heterocycles. The minimum absolute atomic E-state index is 0. The van der Waals surface area contributed by atoms with E-state index in [2.05, 4.69) is 79.9 Å². The van der Waals surface area contributed by atoms with Crippen LogP contribution >= 0.6 is 0 Å². The van der Waals surface area contributed by atoms with Crippen LogP contribution in [0.1, 0.15) is 27.8 Å². The van der Waals surface area contributed by atoms with E-state index in [1.165, 1.54) is 22.3 Å². The van der Waals surface area contributed by atoms with Crippen molar-refractivity contribution in [2.75, 3.05) is 0 Å². The molecule has 4 aromatic heterocycles. The van der Waals surface area contributed by atoms with Gasteiger partial charge in [-0.2, -0.15) is 0 Å². The van der Waals surface area contributed by atoms with Gasteiger partial charge in [-0.1, -0.05) is 71.6 Å². The van der Waals surface area contributed by atoms with Gasteiger partial charge in [0, 0.05) is 56.2 Å². The average Bonchev–Trinajstić information content (AvgIpc) is 3.37. The van der Waals surface area contributed by atoms with Crippen molar-refractivity contribution in [2.45, 2.75) is 34.6 Å². The molecule has 187 valence electrons. The van der Waals surface area contributed by atoms with Crippen molar-refractivity contribution in [2.24, 2.45) is 0 Å². The third-order valence-corrected chi connectivity index (χ3v) is 6.54. The zero-order chi connectivity index (χ0) is 25.2. The first-order chi connectivity index (χ1) is 17.4. The van der Waals surface area contributed by atoms with Gasteiger partial charge in [0.25, 0.3) is 0 Å². The van der Waals surface area contributed by atoms with Crippen LogP contribution in [-0.2, 0) is 20.1 Å². The fourth-order valence-electron chi connectivity index (χ4n) is 4.11. The Bertz CT molecular complexity index is 1650. The van der Waals surface area contributed by atoms with Gasteiger partial charge in [-0.05, 0) is 38.1 Å². The predicted molar refractivity (Wildman–Crippen MR) is 146 cm³/mol. The van der Waals surface area contributed by atoms with E-state index >= 15 is 0 Å². The van der Waals surface area contributed by atoms with Crippen LogP contribution in [-0.4, -0.2) is 15.0 Å². The zero-order valence-corrected chi connectivity index (χ0v) is 23.9. The number of hydrogen-bond acceptors (Lipinski definition) is 4. The van der Waals surface area contributed by atoms with Crippen LogP contribution in [0.3, 0.4) is 0 Å². The number of pyridine rings is 3. The monoisotopic (exact) mass is 662 g/mol. The second-order valence-corrected chi connectivity index (χ2v) is 9.10. The normalized spacial score (nSPS) is 10.6. The van der Waals surface area contributed by atoms with Crippen molar-refractivity contribution in [3.63, 3.8) is 0 Å². The van der Waals surface area contributed by atoms with Crippen molar-refractivity contribution in [3.05, 3.63) is 113 Å². The molecule has 0 bridgehead atoms. The minimum atomic E-state index is 0. The number of aromatic nitrogens is 3. The average molecular weight is 662 g/mol. The first kappa shape index (κ1) is 26.4. The van der Waals surface area contributed by atoms with Crippen molar-refractivity contribution < 1.29 is 24.5 Å². The molecular weight excluding hydrogens is 635 g/mol. The molecule has 0 aliphatic rings. The Morgan fingerprint density at radius 2 is 1.51 bits per heavy atom. The maximum atomic E-state index is 5.54. The van der Waals surface area contributed by atoms with E-state index in [9.17, 15) is 0 Å². The SMILES string of the molecule is Cc1c[c-]c(-c2cc(C)c(C)cn2)cc1C.Cc1cccnc1-c1[c-]c2ccoc2c2ncccc12.[Ir]. The molecule has 0 amide bonds. The standard InChI is InChI=1S/C17H11N2O.C15H16N.Ir/c1-11-4-2-7-18-15(11)14-10-12-6-9-20-17(12)16-13(14)5-3-8-19-16;1-10-5-6-14(7-11(10)2)15-8-12(3)13(4)9-16-15;/h2-9H,1H3;5,7-9H,1-4H3;/q2*-1;. The molecule has 37 heavy (non-hydrogen) atoms. The summed E-state index contributed by atoms with van der Waals surface area (Å²) < 4.78 is 5.54. The van der Waals surface area contributed by atoms with Crippen molar-refractivity contribution in [1.29, 1.82) is 0 Å². The van der Waals surface area contributed by atoms with Gasteiger partial charge in [-0.3, -0.25) is 9.97 Å². The van der Waals surface area contributed by atoms with E-state index in [-0.39, 0.29) is 20.1 Å². The molecule has 0 unspecified atom stereocenters. The number of nitrogens with zero attached hydrogens (tertiary/aromatic N) is 3. The molecule has 2 aromatic carbocycles. The van der Waals surface area contributed by atoms with Gasteiger partial charge < -0.3 is 9.40 Å². The fraction of sp³-hybridized carbons (Fsp3) is 0.156. The smallest absolute Gasteiger partial charge is 0.0847 e. The topological polar surface area (TPSA) is 51.8 Å². The molecule has 4 nitrogen and oxygen atoms in total. The molecule has 0 spiro atoms. The molecule has 0 saturated heterocycles. The van der Waals surface area contributed by atoms with Crippen LogP contribution < -0.4 is 0 Å².